The maximum Gasteiger partial charge on any atom is 0.355 e. The predicted molar refractivity (Wildman–Crippen MR) is 132 cm³/mol. The smallest absolute Gasteiger partial charge is 0.324 e. The van der Waals surface area contributed by atoms with E-state index in [2.05, 4.69) is 25.5 Å². The fourth-order valence-electron chi connectivity index (χ4n) is 3.87. The number of hydrogen-bond donors (Lipinski definition) is 1. The Kier molecular flexibility index (Phi) is 6.07. The van der Waals surface area contributed by atoms with Crippen LogP contribution in [0.2, 0.25) is 5.02 Å². The van der Waals surface area contributed by atoms with Crippen LogP contribution in [0.3, 0.4) is 0 Å². The molecule has 0 aliphatic rings. The Morgan fingerprint density at radius 1 is 0.973 bits per heavy atom. The Morgan fingerprint density at radius 3 is 2.49 bits per heavy atom. The maximum atomic E-state index is 14.7. The topological polar surface area (TPSA) is 117 Å². The first-order chi connectivity index (χ1) is 17.6. The van der Waals surface area contributed by atoms with Gasteiger partial charge in [0.15, 0.2) is 5.82 Å². The molecular formula is C23H20ClF2N9O2. The average Bonchev–Trinajstić information content (AvgIpc) is 3.40. The Morgan fingerprint density at radius 2 is 1.76 bits per heavy atom. The first-order valence-electron chi connectivity index (χ1n) is 11.0. The zero-order chi connectivity index (χ0) is 26.4. The standard InChI is InChI=1S/C23H20ClF2N9O2/c1-12-4-17(26)13(5-16(12)25)9-34-21(28-19-6-14-8-32(2)30-18(14)7-15(19)24)29-22(36)35(23(34)37)10-20-27-11-33(3)31-20/h4-8,11H,9-10H2,1-3H3,(H,28,29,36). The van der Waals surface area contributed by atoms with E-state index in [9.17, 15) is 18.4 Å². The SMILES string of the molecule is Cc1cc(F)c(Cn2c(Nc3cc4cn(C)nc4cc3Cl)nc(=O)n(Cc3ncn(C)n3)c2=O)cc1F. The van der Waals surface area contributed by atoms with Crippen molar-refractivity contribution in [3.63, 3.8) is 0 Å². The summed E-state index contributed by atoms with van der Waals surface area (Å²) in [6, 6.07) is 5.34. The molecule has 1 N–H and O–H groups in total. The molecule has 3 heterocycles. The normalized spacial score (nSPS) is 11.4. The van der Waals surface area contributed by atoms with E-state index in [4.69, 9.17) is 11.6 Å². The average molecular weight is 528 g/mol. The lowest BCUT2D eigenvalue weighted by atomic mass is 10.1. The summed E-state index contributed by atoms with van der Waals surface area (Å²) in [5.41, 5.74) is -0.724. The summed E-state index contributed by atoms with van der Waals surface area (Å²) in [5.74, 6) is -1.35. The summed E-state index contributed by atoms with van der Waals surface area (Å²) in [5, 5.41) is 12.3. The lowest BCUT2D eigenvalue weighted by Crippen LogP contribution is -2.43. The maximum absolute atomic E-state index is 14.7. The highest BCUT2D eigenvalue weighted by Crippen LogP contribution is 2.29. The van der Waals surface area contributed by atoms with E-state index in [0.717, 1.165) is 26.7 Å². The summed E-state index contributed by atoms with van der Waals surface area (Å²) >= 11 is 6.42. The van der Waals surface area contributed by atoms with Crippen LogP contribution in [-0.2, 0) is 27.2 Å². The van der Waals surface area contributed by atoms with Crippen LogP contribution < -0.4 is 16.7 Å². The van der Waals surface area contributed by atoms with Gasteiger partial charge in [-0.15, -0.1) is 0 Å². The quantitative estimate of drug-likeness (QED) is 0.360. The number of fused-ring (bicyclic) bond motifs is 1. The Bertz CT molecular complexity index is 1790. The van der Waals surface area contributed by atoms with Gasteiger partial charge in [-0.1, -0.05) is 11.6 Å². The van der Waals surface area contributed by atoms with Crippen LogP contribution in [0.25, 0.3) is 10.9 Å². The summed E-state index contributed by atoms with van der Waals surface area (Å²) in [4.78, 5) is 34.5. The van der Waals surface area contributed by atoms with Gasteiger partial charge in [-0.05, 0) is 36.8 Å². The number of aryl methyl sites for hydroxylation is 3. The second-order valence-corrected chi connectivity index (χ2v) is 8.93. The minimum Gasteiger partial charge on any atom is -0.324 e. The Hall–Kier alpha value is -4.39. The van der Waals surface area contributed by atoms with Crippen molar-refractivity contribution in [3.8, 4) is 0 Å². The molecule has 0 aliphatic heterocycles. The molecule has 0 fully saturated rings. The van der Waals surface area contributed by atoms with Crippen LogP contribution in [-0.4, -0.2) is 38.7 Å². The van der Waals surface area contributed by atoms with Gasteiger partial charge in [0, 0.05) is 31.2 Å². The van der Waals surface area contributed by atoms with Gasteiger partial charge in [0.2, 0.25) is 5.95 Å². The van der Waals surface area contributed by atoms with Gasteiger partial charge in [-0.2, -0.15) is 15.2 Å². The molecule has 11 nitrogen and oxygen atoms in total. The molecule has 14 heteroatoms. The van der Waals surface area contributed by atoms with Gasteiger partial charge in [0.1, 0.15) is 18.0 Å². The first-order valence-corrected chi connectivity index (χ1v) is 11.4. The number of nitrogens with one attached hydrogen (secondary N) is 1. The molecule has 0 atom stereocenters. The van der Waals surface area contributed by atoms with Crippen LogP contribution in [0.5, 0.6) is 0 Å². The summed E-state index contributed by atoms with van der Waals surface area (Å²) in [6.45, 7) is 0.748. The Balaban J connectivity index is 1.64. The van der Waals surface area contributed by atoms with Gasteiger partial charge in [-0.3, -0.25) is 13.9 Å². The van der Waals surface area contributed by atoms with Crippen molar-refractivity contribution in [1.29, 1.82) is 0 Å². The highest BCUT2D eigenvalue weighted by molar-refractivity contribution is 6.34. The molecule has 0 bridgehead atoms. The lowest BCUT2D eigenvalue weighted by Gasteiger charge is -2.16. The van der Waals surface area contributed by atoms with E-state index >= 15 is 0 Å². The minimum absolute atomic E-state index is 0.106. The molecule has 3 aromatic heterocycles. The van der Waals surface area contributed by atoms with Crippen molar-refractivity contribution < 1.29 is 8.78 Å². The second kappa shape index (κ2) is 9.24. The van der Waals surface area contributed by atoms with Crippen molar-refractivity contribution in [3.05, 3.63) is 91.4 Å². The molecule has 0 spiro atoms. The largest absolute Gasteiger partial charge is 0.355 e. The van der Waals surface area contributed by atoms with E-state index in [1.807, 2.05) is 0 Å². The van der Waals surface area contributed by atoms with Gasteiger partial charge in [0.25, 0.3) is 0 Å². The van der Waals surface area contributed by atoms with E-state index in [1.54, 1.807) is 37.1 Å². The number of hydrogen-bond acceptors (Lipinski definition) is 7. The number of halogens is 3. The van der Waals surface area contributed by atoms with Crippen molar-refractivity contribution in [1.82, 2.24) is 38.7 Å². The van der Waals surface area contributed by atoms with E-state index in [0.29, 0.717) is 11.2 Å². The monoisotopic (exact) mass is 527 g/mol. The molecular weight excluding hydrogens is 508 g/mol. The molecule has 37 heavy (non-hydrogen) atoms. The number of nitrogens with zero attached hydrogens (tertiary/aromatic N) is 8. The molecule has 0 saturated carbocycles. The molecule has 0 unspecified atom stereocenters. The molecule has 0 saturated heterocycles. The van der Waals surface area contributed by atoms with Crippen molar-refractivity contribution in [2.45, 2.75) is 20.0 Å². The van der Waals surface area contributed by atoms with Gasteiger partial charge >= 0.3 is 11.4 Å². The van der Waals surface area contributed by atoms with Crippen LogP contribution in [0, 0.1) is 18.6 Å². The van der Waals surface area contributed by atoms with Gasteiger partial charge < -0.3 is 5.32 Å². The molecule has 0 aliphatic carbocycles. The molecule has 0 amide bonds. The third kappa shape index (κ3) is 4.72. The molecule has 5 aromatic rings. The van der Waals surface area contributed by atoms with Crippen molar-refractivity contribution in [2.24, 2.45) is 14.1 Å². The fourth-order valence-corrected chi connectivity index (χ4v) is 4.07. The number of benzene rings is 2. The fraction of sp³-hybridized carbons (Fsp3) is 0.217. The first kappa shape index (κ1) is 24.3. The zero-order valence-corrected chi connectivity index (χ0v) is 20.7. The molecule has 0 radical (unpaired) electrons. The van der Waals surface area contributed by atoms with Gasteiger partial charge in [0.05, 0.1) is 29.3 Å². The third-order valence-corrected chi connectivity index (χ3v) is 6.02. The highest BCUT2D eigenvalue weighted by atomic mass is 35.5. The Labute approximate surface area is 212 Å². The summed E-state index contributed by atoms with van der Waals surface area (Å²) in [6.07, 6.45) is 3.18. The van der Waals surface area contributed by atoms with Crippen LogP contribution in [0.15, 0.2) is 46.4 Å². The zero-order valence-electron chi connectivity index (χ0n) is 19.9. The number of anilines is 2. The summed E-state index contributed by atoms with van der Waals surface area (Å²) < 4.78 is 33.9. The van der Waals surface area contributed by atoms with E-state index in [1.165, 1.54) is 17.9 Å². The second-order valence-electron chi connectivity index (χ2n) is 8.52. The predicted octanol–water partition coefficient (Wildman–Crippen LogP) is 2.50. The van der Waals surface area contributed by atoms with Crippen molar-refractivity contribution in [2.75, 3.05) is 5.32 Å². The van der Waals surface area contributed by atoms with Crippen LogP contribution in [0.4, 0.5) is 20.4 Å². The van der Waals surface area contributed by atoms with E-state index in [-0.39, 0.29) is 34.5 Å². The van der Waals surface area contributed by atoms with Gasteiger partial charge in [-0.25, -0.2) is 27.9 Å². The lowest BCUT2D eigenvalue weighted by molar-refractivity contribution is 0.544. The molecule has 190 valence electrons. The molecule has 5 rings (SSSR count). The van der Waals surface area contributed by atoms with Crippen LogP contribution >= 0.6 is 11.6 Å². The minimum atomic E-state index is -0.884. The molecule has 2 aromatic carbocycles. The number of aromatic nitrogens is 8. The third-order valence-electron chi connectivity index (χ3n) is 5.71. The van der Waals surface area contributed by atoms with E-state index < -0.39 is 29.6 Å². The van der Waals surface area contributed by atoms with Crippen molar-refractivity contribution >= 4 is 34.1 Å². The highest BCUT2D eigenvalue weighted by Gasteiger charge is 2.19. The van der Waals surface area contributed by atoms with Crippen LogP contribution in [0.1, 0.15) is 17.0 Å². The number of rotatable bonds is 6. The summed E-state index contributed by atoms with van der Waals surface area (Å²) in [7, 11) is 3.39.